The summed E-state index contributed by atoms with van der Waals surface area (Å²) in [6.07, 6.45) is 0. The first-order valence-electron chi connectivity index (χ1n) is 5.90. The highest BCUT2D eigenvalue weighted by atomic mass is 32.1. The van der Waals surface area contributed by atoms with Gasteiger partial charge in [-0.1, -0.05) is 0 Å². The minimum atomic E-state index is -0.713. The lowest BCUT2D eigenvalue weighted by Crippen LogP contribution is -2.24. The average molecular weight is 297 g/mol. The summed E-state index contributed by atoms with van der Waals surface area (Å²) in [5.74, 6) is -1.94. The second-order valence-corrected chi connectivity index (χ2v) is 6.02. The van der Waals surface area contributed by atoms with Gasteiger partial charge in [-0.15, -0.1) is 11.3 Å². The number of ether oxygens (including phenoxy) is 1. The summed E-state index contributed by atoms with van der Waals surface area (Å²) in [5.41, 5.74) is -0.350. The van der Waals surface area contributed by atoms with Crippen LogP contribution in [-0.4, -0.2) is 16.6 Å². The Bertz CT molecular complexity index is 647. The molecule has 0 bridgehead atoms. The van der Waals surface area contributed by atoms with Crippen LogP contribution in [0.3, 0.4) is 0 Å². The zero-order valence-corrected chi connectivity index (χ0v) is 12.1. The number of hydrogen-bond acceptors (Lipinski definition) is 4. The Morgan fingerprint density at radius 2 is 2.00 bits per heavy atom. The lowest BCUT2D eigenvalue weighted by atomic mass is 10.2. The number of aromatic nitrogens is 1. The number of halogens is 2. The molecule has 106 valence electrons. The van der Waals surface area contributed by atoms with Crippen molar-refractivity contribution in [3.8, 4) is 10.6 Å². The number of nitrogens with zero attached hydrogens (tertiary/aromatic N) is 1. The number of esters is 1. The van der Waals surface area contributed by atoms with Crippen LogP contribution in [0.4, 0.5) is 8.78 Å². The first-order chi connectivity index (χ1) is 9.26. The fourth-order valence-corrected chi connectivity index (χ4v) is 2.30. The van der Waals surface area contributed by atoms with Gasteiger partial charge in [-0.3, -0.25) is 0 Å². The van der Waals surface area contributed by atoms with Gasteiger partial charge in [0.1, 0.15) is 22.2 Å². The van der Waals surface area contributed by atoms with E-state index in [0.29, 0.717) is 5.01 Å². The standard InChI is InChI=1S/C14H13F2NO2S/c1-14(2,3)19-13(18)11-7-20-12(17-11)9-5-4-8(15)6-10(9)16/h4-7H,1-3H3. The summed E-state index contributed by atoms with van der Waals surface area (Å²) in [6.45, 7) is 5.24. The van der Waals surface area contributed by atoms with Gasteiger partial charge in [0, 0.05) is 17.0 Å². The maximum Gasteiger partial charge on any atom is 0.358 e. The number of hydrogen-bond donors (Lipinski definition) is 0. The van der Waals surface area contributed by atoms with Crippen LogP contribution in [0.2, 0.25) is 0 Å². The summed E-state index contributed by atoms with van der Waals surface area (Å²) in [6, 6.07) is 3.22. The Morgan fingerprint density at radius 3 is 2.60 bits per heavy atom. The molecule has 2 aromatic rings. The van der Waals surface area contributed by atoms with Crippen molar-refractivity contribution < 1.29 is 18.3 Å². The molecule has 1 aromatic heterocycles. The van der Waals surface area contributed by atoms with Gasteiger partial charge in [0.25, 0.3) is 0 Å². The SMILES string of the molecule is CC(C)(C)OC(=O)c1csc(-c2ccc(F)cc2F)n1. The third kappa shape index (κ3) is 3.39. The number of thiazole rings is 1. The molecule has 1 heterocycles. The molecule has 0 radical (unpaired) electrons. The Hall–Kier alpha value is -1.82. The summed E-state index contributed by atoms with van der Waals surface area (Å²) in [4.78, 5) is 15.8. The molecule has 0 fully saturated rings. The summed E-state index contributed by atoms with van der Waals surface area (Å²) < 4.78 is 31.7. The molecule has 0 unspecified atom stereocenters. The van der Waals surface area contributed by atoms with Crippen LogP contribution in [0.15, 0.2) is 23.6 Å². The van der Waals surface area contributed by atoms with E-state index < -0.39 is 23.2 Å². The molecule has 0 saturated carbocycles. The van der Waals surface area contributed by atoms with E-state index in [1.54, 1.807) is 20.8 Å². The van der Waals surface area contributed by atoms with Gasteiger partial charge in [0.2, 0.25) is 0 Å². The first kappa shape index (κ1) is 14.6. The fourth-order valence-electron chi connectivity index (χ4n) is 1.48. The van der Waals surface area contributed by atoms with Crippen molar-refractivity contribution in [2.45, 2.75) is 26.4 Å². The quantitative estimate of drug-likeness (QED) is 0.785. The first-order valence-corrected chi connectivity index (χ1v) is 6.78. The molecule has 0 N–H and O–H groups in total. The van der Waals surface area contributed by atoms with Gasteiger partial charge in [-0.25, -0.2) is 18.6 Å². The van der Waals surface area contributed by atoms with Gasteiger partial charge in [0.05, 0.1) is 0 Å². The minimum Gasteiger partial charge on any atom is -0.455 e. The van der Waals surface area contributed by atoms with Crippen LogP contribution in [0, 0.1) is 11.6 Å². The molecule has 6 heteroatoms. The van der Waals surface area contributed by atoms with E-state index in [9.17, 15) is 13.6 Å². The molecule has 0 spiro atoms. The molecular formula is C14H13F2NO2S. The van der Waals surface area contributed by atoms with Crippen LogP contribution in [-0.2, 0) is 4.74 Å². The lowest BCUT2D eigenvalue weighted by molar-refractivity contribution is 0.00638. The average Bonchev–Trinajstić information content (AvgIpc) is 2.75. The molecule has 0 atom stereocenters. The Balaban J connectivity index is 2.27. The predicted molar refractivity (Wildman–Crippen MR) is 72.6 cm³/mol. The predicted octanol–water partition coefficient (Wildman–Crippen LogP) is 4.04. The van der Waals surface area contributed by atoms with E-state index in [4.69, 9.17) is 4.74 Å². The van der Waals surface area contributed by atoms with Crippen molar-refractivity contribution in [3.05, 3.63) is 40.9 Å². The van der Waals surface area contributed by atoms with Gasteiger partial charge in [0.15, 0.2) is 5.69 Å². The van der Waals surface area contributed by atoms with E-state index in [2.05, 4.69) is 4.98 Å². The smallest absolute Gasteiger partial charge is 0.358 e. The second kappa shape index (κ2) is 5.28. The fraction of sp³-hybridized carbons (Fsp3) is 0.286. The van der Waals surface area contributed by atoms with Crippen LogP contribution in [0.1, 0.15) is 31.3 Å². The third-order valence-corrected chi connectivity index (χ3v) is 3.15. The van der Waals surface area contributed by atoms with Crippen molar-refractivity contribution in [3.63, 3.8) is 0 Å². The minimum absolute atomic E-state index is 0.114. The number of carbonyl (C=O) groups excluding carboxylic acids is 1. The topological polar surface area (TPSA) is 39.2 Å². The monoisotopic (exact) mass is 297 g/mol. The molecule has 0 aliphatic rings. The molecule has 20 heavy (non-hydrogen) atoms. The zero-order chi connectivity index (χ0) is 14.9. The van der Waals surface area contributed by atoms with Crippen LogP contribution in [0.5, 0.6) is 0 Å². The highest BCUT2D eigenvalue weighted by Crippen LogP contribution is 2.27. The zero-order valence-electron chi connectivity index (χ0n) is 11.2. The highest BCUT2D eigenvalue weighted by molar-refractivity contribution is 7.13. The van der Waals surface area contributed by atoms with E-state index in [1.165, 1.54) is 11.4 Å². The van der Waals surface area contributed by atoms with Crippen LogP contribution >= 0.6 is 11.3 Å². The maximum atomic E-state index is 13.6. The molecular weight excluding hydrogens is 284 g/mol. The lowest BCUT2D eigenvalue weighted by Gasteiger charge is -2.18. The number of benzene rings is 1. The number of carbonyl (C=O) groups is 1. The van der Waals surface area contributed by atoms with Crippen molar-refractivity contribution in [2.75, 3.05) is 0 Å². The van der Waals surface area contributed by atoms with Crippen molar-refractivity contribution in [1.29, 1.82) is 0 Å². The number of rotatable bonds is 2. The summed E-state index contributed by atoms with van der Waals surface area (Å²) in [7, 11) is 0. The molecule has 2 rings (SSSR count). The van der Waals surface area contributed by atoms with Gasteiger partial charge in [-0.2, -0.15) is 0 Å². The molecule has 0 amide bonds. The Morgan fingerprint density at radius 1 is 1.30 bits per heavy atom. The molecule has 0 aliphatic carbocycles. The van der Waals surface area contributed by atoms with E-state index in [1.807, 2.05) is 0 Å². The third-order valence-electron chi connectivity index (χ3n) is 2.27. The van der Waals surface area contributed by atoms with Crippen LogP contribution < -0.4 is 0 Å². The molecule has 1 aromatic carbocycles. The van der Waals surface area contributed by atoms with Crippen LogP contribution in [0.25, 0.3) is 10.6 Å². The van der Waals surface area contributed by atoms with E-state index >= 15 is 0 Å². The second-order valence-electron chi connectivity index (χ2n) is 5.16. The largest absolute Gasteiger partial charge is 0.455 e. The molecule has 3 nitrogen and oxygen atoms in total. The van der Waals surface area contributed by atoms with Crippen molar-refractivity contribution >= 4 is 17.3 Å². The van der Waals surface area contributed by atoms with Gasteiger partial charge in [-0.05, 0) is 32.9 Å². The van der Waals surface area contributed by atoms with Crippen molar-refractivity contribution in [2.24, 2.45) is 0 Å². The van der Waals surface area contributed by atoms with E-state index in [-0.39, 0.29) is 11.3 Å². The van der Waals surface area contributed by atoms with Gasteiger partial charge >= 0.3 is 5.97 Å². The maximum absolute atomic E-state index is 13.6. The normalized spacial score (nSPS) is 11.4. The summed E-state index contributed by atoms with van der Waals surface area (Å²) in [5, 5.41) is 1.80. The Labute approximate surface area is 119 Å². The molecule has 0 aliphatic heterocycles. The summed E-state index contributed by atoms with van der Waals surface area (Å²) >= 11 is 1.10. The van der Waals surface area contributed by atoms with E-state index in [0.717, 1.165) is 23.5 Å². The van der Waals surface area contributed by atoms with Gasteiger partial charge < -0.3 is 4.74 Å². The highest BCUT2D eigenvalue weighted by Gasteiger charge is 2.21. The van der Waals surface area contributed by atoms with Crippen molar-refractivity contribution in [1.82, 2.24) is 4.98 Å². The Kier molecular flexibility index (Phi) is 3.85. The molecule has 0 saturated heterocycles.